The molecule has 2 atom stereocenters. The molecule has 2 N–H and O–H groups in total. The highest BCUT2D eigenvalue weighted by Crippen LogP contribution is 2.29. The van der Waals surface area contributed by atoms with E-state index in [1.807, 2.05) is 31.2 Å². The third-order valence-electron chi connectivity index (χ3n) is 4.10. The van der Waals surface area contributed by atoms with Crippen molar-refractivity contribution in [2.45, 2.75) is 39.2 Å². The van der Waals surface area contributed by atoms with E-state index in [1.54, 1.807) is 0 Å². The fourth-order valence-electron chi connectivity index (χ4n) is 2.86. The zero-order chi connectivity index (χ0) is 15.9. The van der Waals surface area contributed by atoms with Gasteiger partial charge in [-0.1, -0.05) is 18.6 Å². The summed E-state index contributed by atoms with van der Waals surface area (Å²) in [5.41, 5.74) is 1.00. The van der Waals surface area contributed by atoms with Crippen molar-refractivity contribution in [3.8, 4) is 5.75 Å². The Hall–Kier alpha value is -2.04. The third kappa shape index (κ3) is 4.48. The Balaban J connectivity index is 1.83. The molecular weight excluding hydrogens is 282 g/mol. The zero-order valence-corrected chi connectivity index (χ0v) is 12.9. The van der Waals surface area contributed by atoms with E-state index in [0.717, 1.165) is 24.2 Å². The van der Waals surface area contributed by atoms with Crippen molar-refractivity contribution in [1.29, 1.82) is 0 Å². The number of ether oxygens (including phenoxy) is 1. The molecule has 1 aromatic rings. The predicted molar refractivity (Wildman–Crippen MR) is 82.5 cm³/mol. The van der Waals surface area contributed by atoms with Crippen molar-refractivity contribution in [1.82, 2.24) is 5.32 Å². The van der Waals surface area contributed by atoms with E-state index >= 15 is 0 Å². The van der Waals surface area contributed by atoms with Gasteiger partial charge in [0.15, 0.2) is 0 Å². The van der Waals surface area contributed by atoms with Gasteiger partial charge in [-0.25, -0.2) is 0 Å². The number of carbonyl (C=O) groups is 2. The molecular formula is C17H23NO4. The highest BCUT2D eigenvalue weighted by Gasteiger charge is 2.30. The summed E-state index contributed by atoms with van der Waals surface area (Å²) in [7, 11) is 0. The molecule has 1 aromatic carbocycles. The Labute approximate surface area is 130 Å². The third-order valence-corrected chi connectivity index (χ3v) is 4.10. The molecule has 1 fully saturated rings. The average molecular weight is 305 g/mol. The number of nitrogens with one attached hydrogen (secondary N) is 1. The Bertz CT molecular complexity index is 512. The van der Waals surface area contributed by atoms with Crippen LogP contribution in [-0.4, -0.2) is 23.6 Å². The first-order valence-electron chi connectivity index (χ1n) is 7.82. The number of carboxylic acids is 1. The van der Waals surface area contributed by atoms with Gasteiger partial charge in [-0.2, -0.15) is 0 Å². The maximum Gasteiger partial charge on any atom is 0.306 e. The summed E-state index contributed by atoms with van der Waals surface area (Å²) in [6, 6.07) is 7.61. The molecule has 1 aliphatic carbocycles. The average Bonchev–Trinajstić information content (AvgIpc) is 2.54. The second-order valence-corrected chi connectivity index (χ2v) is 5.69. The summed E-state index contributed by atoms with van der Waals surface area (Å²) in [5, 5.41) is 12.0. The lowest BCUT2D eigenvalue weighted by molar-refractivity contribution is -0.144. The monoisotopic (exact) mass is 305 g/mol. The highest BCUT2D eigenvalue weighted by molar-refractivity contribution is 5.80. The number of hydrogen-bond donors (Lipinski definition) is 2. The first kappa shape index (κ1) is 16.3. The van der Waals surface area contributed by atoms with Gasteiger partial charge in [0.2, 0.25) is 5.91 Å². The van der Waals surface area contributed by atoms with Crippen LogP contribution in [0, 0.1) is 11.8 Å². The molecule has 0 radical (unpaired) electrons. The minimum atomic E-state index is -0.788. The zero-order valence-electron chi connectivity index (χ0n) is 12.9. The van der Waals surface area contributed by atoms with Crippen LogP contribution in [0.25, 0.3) is 0 Å². The quantitative estimate of drug-likeness (QED) is 0.847. The molecule has 1 aliphatic rings. The highest BCUT2D eigenvalue weighted by atomic mass is 16.5. The maximum atomic E-state index is 12.2. The van der Waals surface area contributed by atoms with Crippen LogP contribution in [0.5, 0.6) is 5.75 Å². The van der Waals surface area contributed by atoms with Crippen molar-refractivity contribution in [2.24, 2.45) is 11.8 Å². The van der Waals surface area contributed by atoms with Gasteiger partial charge < -0.3 is 15.2 Å². The Morgan fingerprint density at radius 3 is 2.55 bits per heavy atom. The van der Waals surface area contributed by atoms with Crippen molar-refractivity contribution >= 4 is 11.9 Å². The fourth-order valence-corrected chi connectivity index (χ4v) is 2.86. The second-order valence-electron chi connectivity index (χ2n) is 5.69. The standard InChI is InChI=1S/C17H23NO4/c1-2-22-15-8-6-12(7-9-15)11-18-16(19)13-4-3-5-14(10-13)17(20)21/h6-9,13-14H,2-5,10-11H2,1H3,(H,18,19)(H,20,21). The van der Waals surface area contributed by atoms with E-state index in [-0.39, 0.29) is 17.7 Å². The van der Waals surface area contributed by atoms with Crippen LogP contribution in [0.4, 0.5) is 0 Å². The van der Waals surface area contributed by atoms with Gasteiger partial charge in [0, 0.05) is 12.5 Å². The summed E-state index contributed by atoms with van der Waals surface area (Å²) in [6.45, 7) is 3.02. The van der Waals surface area contributed by atoms with E-state index in [1.165, 1.54) is 0 Å². The van der Waals surface area contributed by atoms with Gasteiger partial charge in [0.1, 0.15) is 5.75 Å². The van der Waals surface area contributed by atoms with Gasteiger partial charge in [-0.3, -0.25) is 9.59 Å². The lowest BCUT2D eigenvalue weighted by Crippen LogP contribution is -2.35. The minimum absolute atomic E-state index is 0.0418. The van der Waals surface area contributed by atoms with E-state index in [9.17, 15) is 9.59 Å². The van der Waals surface area contributed by atoms with E-state index < -0.39 is 5.97 Å². The molecule has 22 heavy (non-hydrogen) atoms. The SMILES string of the molecule is CCOc1ccc(CNC(=O)C2CCCC(C(=O)O)C2)cc1. The number of hydrogen-bond acceptors (Lipinski definition) is 3. The lowest BCUT2D eigenvalue weighted by Gasteiger charge is -2.25. The van der Waals surface area contributed by atoms with E-state index in [2.05, 4.69) is 5.32 Å². The van der Waals surface area contributed by atoms with E-state index in [4.69, 9.17) is 9.84 Å². The number of benzene rings is 1. The molecule has 5 nitrogen and oxygen atoms in total. The molecule has 0 aromatic heterocycles. The summed E-state index contributed by atoms with van der Waals surface area (Å²) < 4.78 is 5.37. The molecule has 5 heteroatoms. The van der Waals surface area contributed by atoms with Gasteiger partial charge in [-0.15, -0.1) is 0 Å². The summed E-state index contributed by atoms with van der Waals surface area (Å²) >= 11 is 0. The molecule has 1 amide bonds. The molecule has 2 unspecified atom stereocenters. The molecule has 0 spiro atoms. The first-order chi connectivity index (χ1) is 10.6. The van der Waals surface area contributed by atoms with Crippen molar-refractivity contribution in [3.63, 3.8) is 0 Å². The van der Waals surface area contributed by atoms with Gasteiger partial charge in [-0.05, 0) is 43.9 Å². The number of carbonyl (C=O) groups excluding carboxylic acids is 1. The fraction of sp³-hybridized carbons (Fsp3) is 0.529. The molecule has 0 heterocycles. The molecule has 0 bridgehead atoms. The number of carboxylic acid groups (broad SMARTS) is 1. The smallest absolute Gasteiger partial charge is 0.306 e. The number of amides is 1. The van der Waals surface area contributed by atoms with Crippen LogP contribution in [-0.2, 0) is 16.1 Å². The molecule has 2 rings (SSSR count). The first-order valence-corrected chi connectivity index (χ1v) is 7.82. The van der Waals surface area contributed by atoms with E-state index in [0.29, 0.717) is 26.0 Å². The van der Waals surface area contributed by atoms with Crippen molar-refractivity contribution < 1.29 is 19.4 Å². The van der Waals surface area contributed by atoms with Crippen molar-refractivity contribution in [3.05, 3.63) is 29.8 Å². The van der Waals surface area contributed by atoms with Gasteiger partial charge >= 0.3 is 5.97 Å². The molecule has 0 saturated heterocycles. The van der Waals surface area contributed by atoms with Crippen molar-refractivity contribution in [2.75, 3.05) is 6.61 Å². The lowest BCUT2D eigenvalue weighted by atomic mass is 9.81. The predicted octanol–water partition coefficient (Wildman–Crippen LogP) is 2.59. The Kier molecular flexibility index (Phi) is 5.81. The molecule has 120 valence electrons. The topological polar surface area (TPSA) is 75.6 Å². The minimum Gasteiger partial charge on any atom is -0.494 e. The number of rotatable bonds is 6. The van der Waals surface area contributed by atoms with Crippen LogP contribution in [0.1, 0.15) is 38.2 Å². The largest absolute Gasteiger partial charge is 0.494 e. The Morgan fingerprint density at radius 1 is 1.23 bits per heavy atom. The van der Waals surface area contributed by atoms with Gasteiger partial charge in [0.05, 0.1) is 12.5 Å². The number of aliphatic carboxylic acids is 1. The van der Waals surface area contributed by atoms with Crippen LogP contribution in [0.2, 0.25) is 0 Å². The summed E-state index contributed by atoms with van der Waals surface area (Å²) in [5.74, 6) is -0.578. The van der Waals surface area contributed by atoms with Gasteiger partial charge in [0.25, 0.3) is 0 Å². The summed E-state index contributed by atoms with van der Waals surface area (Å²) in [6.07, 6.45) is 2.71. The Morgan fingerprint density at radius 2 is 1.91 bits per heavy atom. The molecule has 1 saturated carbocycles. The second kappa shape index (κ2) is 7.82. The molecule has 0 aliphatic heterocycles. The normalized spacial score (nSPS) is 21.1. The maximum absolute atomic E-state index is 12.2. The van der Waals surface area contributed by atoms with Crippen LogP contribution >= 0.6 is 0 Å². The van der Waals surface area contributed by atoms with Crippen LogP contribution < -0.4 is 10.1 Å². The van der Waals surface area contributed by atoms with Crippen LogP contribution in [0.15, 0.2) is 24.3 Å². The summed E-state index contributed by atoms with van der Waals surface area (Å²) in [4.78, 5) is 23.2. The van der Waals surface area contributed by atoms with Crippen LogP contribution in [0.3, 0.4) is 0 Å².